The molecule has 1 aliphatic carbocycles. The molecular formula is C14H21N3O3. The number of amides is 1. The van der Waals surface area contributed by atoms with Gasteiger partial charge in [-0.3, -0.25) is 9.48 Å². The minimum Gasteiger partial charge on any atom is -0.480 e. The highest BCUT2D eigenvalue weighted by Crippen LogP contribution is 2.32. The molecule has 0 aromatic carbocycles. The van der Waals surface area contributed by atoms with E-state index < -0.39 is 11.5 Å². The van der Waals surface area contributed by atoms with Gasteiger partial charge < -0.3 is 10.4 Å². The van der Waals surface area contributed by atoms with Crippen LogP contribution in [0.3, 0.4) is 0 Å². The largest absolute Gasteiger partial charge is 0.480 e. The molecule has 20 heavy (non-hydrogen) atoms. The highest BCUT2D eigenvalue weighted by Gasteiger charge is 2.46. The van der Waals surface area contributed by atoms with Gasteiger partial charge in [0.1, 0.15) is 5.54 Å². The number of carboxylic acids is 1. The number of aromatic nitrogens is 2. The second kappa shape index (κ2) is 4.61. The number of nitrogens with one attached hydrogen (secondary N) is 1. The van der Waals surface area contributed by atoms with Crippen LogP contribution in [-0.4, -0.2) is 32.3 Å². The SMILES string of the molecule is Cc1c(C(=O)NC2(C(=O)O)CCC2)cnn1C(C)(C)C. The summed E-state index contributed by atoms with van der Waals surface area (Å²) >= 11 is 0. The molecule has 1 aromatic rings. The van der Waals surface area contributed by atoms with Gasteiger partial charge in [0, 0.05) is 5.69 Å². The van der Waals surface area contributed by atoms with Gasteiger partial charge >= 0.3 is 5.97 Å². The summed E-state index contributed by atoms with van der Waals surface area (Å²) in [5.74, 6) is -1.32. The predicted octanol–water partition coefficient (Wildman–Crippen LogP) is 1.68. The van der Waals surface area contributed by atoms with E-state index in [2.05, 4.69) is 10.4 Å². The Morgan fingerprint density at radius 1 is 1.40 bits per heavy atom. The normalized spacial score (nSPS) is 17.4. The quantitative estimate of drug-likeness (QED) is 0.881. The third-order valence-electron chi connectivity index (χ3n) is 3.86. The van der Waals surface area contributed by atoms with Crippen molar-refractivity contribution in [2.45, 2.75) is 58.0 Å². The molecule has 1 aromatic heterocycles. The molecule has 1 saturated carbocycles. The van der Waals surface area contributed by atoms with Crippen LogP contribution in [0.15, 0.2) is 6.20 Å². The Morgan fingerprint density at radius 2 is 2.00 bits per heavy atom. The number of nitrogens with zero attached hydrogens (tertiary/aromatic N) is 2. The lowest BCUT2D eigenvalue weighted by Gasteiger charge is -2.38. The summed E-state index contributed by atoms with van der Waals surface area (Å²) in [6.45, 7) is 7.82. The summed E-state index contributed by atoms with van der Waals surface area (Å²) in [7, 11) is 0. The predicted molar refractivity (Wildman–Crippen MR) is 73.6 cm³/mol. The molecular weight excluding hydrogens is 258 g/mol. The van der Waals surface area contributed by atoms with Crippen LogP contribution in [0.4, 0.5) is 0 Å². The Morgan fingerprint density at radius 3 is 2.35 bits per heavy atom. The van der Waals surface area contributed by atoms with E-state index in [1.54, 1.807) is 4.68 Å². The van der Waals surface area contributed by atoms with Crippen LogP contribution in [0.25, 0.3) is 0 Å². The van der Waals surface area contributed by atoms with E-state index in [1.807, 2.05) is 27.7 Å². The summed E-state index contributed by atoms with van der Waals surface area (Å²) in [6, 6.07) is 0. The fraction of sp³-hybridized carbons (Fsp3) is 0.643. The average Bonchev–Trinajstić information content (AvgIpc) is 2.64. The van der Waals surface area contributed by atoms with Gasteiger partial charge in [0.2, 0.25) is 0 Å². The van der Waals surface area contributed by atoms with Gasteiger partial charge in [0.25, 0.3) is 5.91 Å². The number of hydrogen-bond donors (Lipinski definition) is 2. The van der Waals surface area contributed by atoms with Crippen LogP contribution in [0.2, 0.25) is 0 Å². The van der Waals surface area contributed by atoms with E-state index in [0.717, 1.165) is 12.1 Å². The zero-order valence-electron chi connectivity index (χ0n) is 12.4. The van der Waals surface area contributed by atoms with Crippen LogP contribution < -0.4 is 5.32 Å². The van der Waals surface area contributed by atoms with E-state index in [0.29, 0.717) is 18.4 Å². The van der Waals surface area contributed by atoms with Gasteiger partial charge in [0.15, 0.2) is 0 Å². The lowest BCUT2D eigenvalue weighted by Crippen LogP contribution is -2.59. The third kappa shape index (κ3) is 2.30. The van der Waals surface area contributed by atoms with Crippen molar-refractivity contribution in [2.75, 3.05) is 0 Å². The maximum atomic E-state index is 12.3. The second-order valence-electron chi connectivity index (χ2n) is 6.42. The maximum Gasteiger partial charge on any atom is 0.329 e. The van der Waals surface area contributed by atoms with Gasteiger partial charge in [0.05, 0.1) is 17.3 Å². The molecule has 0 spiro atoms. The Kier molecular flexibility index (Phi) is 3.36. The van der Waals surface area contributed by atoms with Crippen molar-refractivity contribution in [2.24, 2.45) is 0 Å². The minimum absolute atomic E-state index is 0.219. The second-order valence-corrected chi connectivity index (χ2v) is 6.42. The Hall–Kier alpha value is -1.85. The van der Waals surface area contributed by atoms with Crippen molar-refractivity contribution in [3.8, 4) is 0 Å². The van der Waals surface area contributed by atoms with Crippen LogP contribution in [-0.2, 0) is 10.3 Å². The van der Waals surface area contributed by atoms with Crippen LogP contribution >= 0.6 is 0 Å². The molecule has 0 bridgehead atoms. The summed E-state index contributed by atoms with van der Waals surface area (Å²) in [5, 5.41) is 16.1. The third-order valence-corrected chi connectivity index (χ3v) is 3.86. The average molecular weight is 279 g/mol. The highest BCUT2D eigenvalue weighted by molar-refractivity contribution is 5.98. The van der Waals surface area contributed by atoms with Gasteiger partial charge in [-0.1, -0.05) is 0 Å². The summed E-state index contributed by atoms with van der Waals surface area (Å²) < 4.78 is 1.77. The summed E-state index contributed by atoms with van der Waals surface area (Å²) in [4.78, 5) is 23.6. The van der Waals surface area contributed by atoms with Gasteiger partial charge in [-0.05, 0) is 47.0 Å². The van der Waals surface area contributed by atoms with E-state index >= 15 is 0 Å². The minimum atomic E-state index is -1.09. The molecule has 1 aliphatic rings. The molecule has 1 fully saturated rings. The fourth-order valence-electron chi connectivity index (χ4n) is 2.52. The first-order chi connectivity index (χ1) is 9.17. The fourth-order valence-corrected chi connectivity index (χ4v) is 2.52. The van der Waals surface area contributed by atoms with E-state index in [1.165, 1.54) is 6.20 Å². The van der Waals surface area contributed by atoms with Crippen molar-refractivity contribution in [3.63, 3.8) is 0 Å². The number of rotatable bonds is 3. The molecule has 110 valence electrons. The molecule has 2 rings (SSSR count). The van der Waals surface area contributed by atoms with Gasteiger partial charge in [-0.15, -0.1) is 0 Å². The highest BCUT2D eigenvalue weighted by atomic mass is 16.4. The smallest absolute Gasteiger partial charge is 0.329 e. The van der Waals surface area contributed by atoms with E-state index in [-0.39, 0.29) is 11.4 Å². The summed E-state index contributed by atoms with van der Waals surface area (Å²) in [5.41, 5.74) is -0.126. The monoisotopic (exact) mass is 279 g/mol. The molecule has 0 aliphatic heterocycles. The number of carbonyl (C=O) groups is 2. The molecule has 0 radical (unpaired) electrons. The van der Waals surface area contributed by atoms with Crippen LogP contribution in [0, 0.1) is 6.92 Å². The van der Waals surface area contributed by atoms with E-state index in [9.17, 15) is 14.7 Å². The van der Waals surface area contributed by atoms with Crippen molar-refractivity contribution in [1.29, 1.82) is 0 Å². The molecule has 6 heteroatoms. The topological polar surface area (TPSA) is 84.2 Å². The molecule has 2 N–H and O–H groups in total. The molecule has 0 saturated heterocycles. The van der Waals surface area contributed by atoms with E-state index in [4.69, 9.17) is 0 Å². The number of carboxylic acid groups (broad SMARTS) is 1. The van der Waals surface area contributed by atoms with Crippen molar-refractivity contribution in [3.05, 3.63) is 17.5 Å². The zero-order chi connectivity index (χ0) is 15.1. The Balaban J connectivity index is 2.23. The molecule has 1 heterocycles. The maximum absolute atomic E-state index is 12.3. The van der Waals surface area contributed by atoms with Crippen LogP contribution in [0.1, 0.15) is 56.1 Å². The number of carbonyl (C=O) groups excluding carboxylic acids is 1. The van der Waals surface area contributed by atoms with Crippen molar-refractivity contribution in [1.82, 2.24) is 15.1 Å². The standard InChI is InChI=1S/C14H21N3O3/c1-9-10(8-15-17(9)13(2,3)4)11(18)16-14(12(19)20)6-5-7-14/h8H,5-7H2,1-4H3,(H,16,18)(H,19,20). The molecule has 1 amide bonds. The molecule has 0 unspecified atom stereocenters. The lowest BCUT2D eigenvalue weighted by atomic mass is 9.76. The van der Waals surface area contributed by atoms with Crippen molar-refractivity contribution < 1.29 is 14.7 Å². The Labute approximate surface area is 118 Å². The lowest BCUT2D eigenvalue weighted by molar-refractivity contribution is -0.148. The number of aliphatic carboxylic acids is 1. The zero-order valence-corrected chi connectivity index (χ0v) is 12.4. The van der Waals surface area contributed by atoms with Gasteiger partial charge in [-0.2, -0.15) is 5.10 Å². The summed E-state index contributed by atoms with van der Waals surface area (Å²) in [6.07, 6.45) is 3.30. The molecule has 0 atom stereocenters. The van der Waals surface area contributed by atoms with Crippen molar-refractivity contribution >= 4 is 11.9 Å². The van der Waals surface area contributed by atoms with Gasteiger partial charge in [-0.25, -0.2) is 4.79 Å². The number of hydrogen-bond acceptors (Lipinski definition) is 3. The molecule has 6 nitrogen and oxygen atoms in total. The van der Waals surface area contributed by atoms with Crippen LogP contribution in [0.5, 0.6) is 0 Å². The first kappa shape index (κ1) is 14.6. The first-order valence-electron chi connectivity index (χ1n) is 6.78. The first-order valence-corrected chi connectivity index (χ1v) is 6.78. The Bertz CT molecular complexity index is 551.